The minimum Gasteiger partial charge on any atom is -0.342 e. The van der Waals surface area contributed by atoms with Crippen LogP contribution in [0.25, 0.3) is 0 Å². The van der Waals surface area contributed by atoms with E-state index in [0.29, 0.717) is 13.1 Å². The van der Waals surface area contributed by atoms with E-state index in [0.717, 1.165) is 63.4 Å². The summed E-state index contributed by atoms with van der Waals surface area (Å²) in [4.78, 5) is 31.6. The van der Waals surface area contributed by atoms with Gasteiger partial charge in [0.15, 0.2) is 0 Å². The molecule has 1 aromatic rings. The van der Waals surface area contributed by atoms with Crippen molar-refractivity contribution in [3.63, 3.8) is 0 Å². The topological polar surface area (TPSA) is 55.9 Å². The average molecular weight is 401 g/mol. The fourth-order valence-electron chi connectivity index (χ4n) is 4.17. The van der Waals surface area contributed by atoms with Crippen molar-refractivity contribution in [2.75, 3.05) is 57.7 Å². The Morgan fingerprint density at radius 3 is 2.07 bits per heavy atom. The lowest BCUT2D eigenvalue weighted by Gasteiger charge is -2.35. The Balaban J connectivity index is 1.40. The molecule has 2 fully saturated rings. The summed E-state index contributed by atoms with van der Waals surface area (Å²) in [6, 6.07) is 5.98. The number of piperazine rings is 1. The Hall–Kier alpha value is -1.92. The number of anilines is 1. The molecule has 2 aliphatic heterocycles. The van der Waals surface area contributed by atoms with Gasteiger partial charge in [0.2, 0.25) is 11.8 Å². The summed E-state index contributed by atoms with van der Waals surface area (Å²) in [5.41, 5.74) is 3.20. The molecule has 29 heavy (non-hydrogen) atoms. The molecule has 160 valence electrons. The first-order valence-corrected chi connectivity index (χ1v) is 11.1. The fraction of sp³-hybridized carbons (Fsp3) is 0.652. The molecule has 2 heterocycles. The van der Waals surface area contributed by atoms with Gasteiger partial charge in [0.1, 0.15) is 0 Å². The summed E-state index contributed by atoms with van der Waals surface area (Å²) >= 11 is 0. The first-order chi connectivity index (χ1) is 14.0. The molecule has 0 radical (unpaired) electrons. The highest BCUT2D eigenvalue weighted by Crippen LogP contribution is 2.18. The van der Waals surface area contributed by atoms with E-state index in [9.17, 15) is 9.59 Å². The van der Waals surface area contributed by atoms with Crippen molar-refractivity contribution in [3.8, 4) is 0 Å². The molecule has 0 atom stereocenters. The van der Waals surface area contributed by atoms with E-state index in [-0.39, 0.29) is 11.8 Å². The minimum atomic E-state index is 0.0314. The van der Waals surface area contributed by atoms with Crippen molar-refractivity contribution in [1.82, 2.24) is 14.7 Å². The van der Waals surface area contributed by atoms with Gasteiger partial charge >= 0.3 is 0 Å². The number of nitrogens with zero attached hydrogens (tertiary/aromatic N) is 3. The molecule has 2 amide bonds. The van der Waals surface area contributed by atoms with Crippen LogP contribution in [0.3, 0.4) is 0 Å². The molecule has 0 saturated carbocycles. The van der Waals surface area contributed by atoms with Crippen LogP contribution in [-0.2, 0) is 9.59 Å². The highest BCUT2D eigenvalue weighted by atomic mass is 16.2. The molecule has 6 nitrogen and oxygen atoms in total. The van der Waals surface area contributed by atoms with Gasteiger partial charge in [-0.05, 0) is 43.9 Å². The van der Waals surface area contributed by atoms with Crippen LogP contribution in [0, 0.1) is 13.8 Å². The van der Waals surface area contributed by atoms with Crippen LogP contribution < -0.4 is 5.32 Å². The Kier molecular flexibility index (Phi) is 8.07. The van der Waals surface area contributed by atoms with Crippen LogP contribution in [0.4, 0.5) is 5.69 Å². The third kappa shape index (κ3) is 6.54. The normalized spacial score (nSPS) is 19.4. The molecule has 0 aromatic heterocycles. The minimum absolute atomic E-state index is 0.0314. The van der Waals surface area contributed by atoms with Crippen molar-refractivity contribution in [1.29, 1.82) is 0 Å². The predicted octanol–water partition coefficient (Wildman–Crippen LogP) is 2.65. The molecule has 0 aliphatic carbocycles. The molecule has 6 heteroatoms. The van der Waals surface area contributed by atoms with E-state index >= 15 is 0 Å². The summed E-state index contributed by atoms with van der Waals surface area (Å²) in [5, 5.41) is 3.04. The maximum Gasteiger partial charge on any atom is 0.238 e. The number of amides is 2. The van der Waals surface area contributed by atoms with Gasteiger partial charge < -0.3 is 10.2 Å². The van der Waals surface area contributed by atoms with E-state index in [1.807, 2.05) is 19.1 Å². The first kappa shape index (κ1) is 21.8. The Morgan fingerprint density at radius 2 is 1.41 bits per heavy atom. The Labute approximate surface area is 175 Å². The van der Waals surface area contributed by atoms with E-state index in [1.54, 1.807) is 0 Å². The highest BCUT2D eigenvalue weighted by Gasteiger charge is 2.23. The van der Waals surface area contributed by atoms with Crippen molar-refractivity contribution >= 4 is 17.5 Å². The van der Waals surface area contributed by atoms with Gasteiger partial charge in [0.25, 0.3) is 0 Å². The van der Waals surface area contributed by atoms with E-state index in [4.69, 9.17) is 0 Å². The zero-order valence-electron chi connectivity index (χ0n) is 18.1. The average Bonchev–Trinajstić information content (AvgIpc) is 2.66. The Morgan fingerprint density at radius 1 is 0.828 bits per heavy atom. The number of likely N-dealkylation sites (tertiary alicyclic amines) is 1. The summed E-state index contributed by atoms with van der Waals surface area (Å²) in [6.45, 7) is 10.2. The quantitative estimate of drug-likeness (QED) is 0.826. The van der Waals surface area contributed by atoms with Crippen LogP contribution in [0.2, 0.25) is 0 Å². The van der Waals surface area contributed by atoms with Crippen molar-refractivity contribution in [2.45, 2.75) is 46.0 Å². The molecular formula is C23H36N4O2. The number of hydrogen-bond donors (Lipinski definition) is 1. The van der Waals surface area contributed by atoms with Gasteiger partial charge in [-0.3, -0.25) is 19.4 Å². The van der Waals surface area contributed by atoms with E-state index in [2.05, 4.69) is 33.0 Å². The number of carbonyl (C=O) groups excluding carboxylic acids is 2. The molecule has 1 N–H and O–H groups in total. The monoisotopic (exact) mass is 400 g/mol. The second-order valence-corrected chi connectivity index (χ2v) is 8.50. The second kappa shape index (κ2) is 10.7. The third-order valence-corrected chi connectivity index (χ3v) is 6.28. The van der Waals surface area contributed by atoms with E-state index < -0.39 is 0 Å². The number of hydrogen-bond acceptors (Lipinski definition) is 4. The van der Waals surface area contributed by atoms with Gasteiger partial charge in [0.05, 0.1) is 13.1 Å². The predicted molar refractivity (Wildman–Crippen MR) is 117 cm³/mol. The van der Waals surface area contributed by atoms with Crippen LogP contribution >= 0.6 is 0 Å². The number of carbonyl (C=O) groups is 2. The number of nitrogens with one attached hydrogen (secondary N) is 1. The first-order valence-electron chi connectivity index (χ1n) is 11.1. The van der Waals surface area contributed by atoms with Crippen LogP contribution in [0.5, 0.6) is 0 Å². The van der Waals surface area contributed by atoms with Crippen LogP contribution in [0.1, 0.15) is 43.2 Å². The smallest absolute Gasteiger partial charge is 0.238 e. The molecule has 3 rings (SSSR count). The molecular weight excluding hydrogens is 364 g/mol. The van der Waals surface area contributed by atoms with Crippen molar-refractivity contribution in [2.24, 2.45) is 0 Å². The number of benzene rings is 1. The maximum absolute atomic E-state index is 12.7. The lowest BCUT2D eigenvalue weighted by atomic mass is 10.1. The molecule has 0 unspecified atom stereocenters. The molecule has 2 aliphatic rings. The van der Waals surface area contributed by atoms with E-state index in [1.165, 1.54) is 24.8 Å². The molecule has 1 aromatic carbocycles. The van der Waals surface area contributed by atoms with Crippen LogP contribution in [0.15, 0.2) is 18.2 Å². The molecule has 0 bridgehead atoms. The summed E-state index contributed by atoms with van der Waals surface area (Å²) < 4.78 is 0. The zero-order valence-corrected chi connectivity index (χ0v) is 18.1. The van der Waals surface area contributed by atoms with Gasteiger partial charge in [-0.15, -0.1) is 0 Å². The standard InChI is InChI=1S/C23H36N4O2/c1-19-9-8-10-21(20(19)2)24-22(28)17-25-13-15-26(16-14-25)18-23(29)27-11-6-4-3-5-7-12-27/h8-10H,3-7,11-18H2,1-2H3,(H,24,28). The second-order valence-electron chi connectivity index (χ2n) is 8.50. The highest BCUT2D eigenvalue weighted by molar-refractivity contribution is 5.93. The van der Waals surface area contributed by atoms with Gasteiger partial charge in [0, 0.05) is 45.0 Å². The van der Waals surface area contributed by atoms with Gasteiger partial charge in [-0.25, -0.2) is 0 Å². The van der Waals surface area contributed by atoms with Crippen molar-refractivity contribution < 1.29 is 9.59 Å². The zero-order chi connectivity index (χ0) is 20.6. The maximum atomic E-state index is 12.7. The van der Waals surface area contributed by atoms with Crippen molar-refractivity contribution in [3.05, 3.63) is 29.3 Å². The largest absolute Gasteiger partial charge is 0.342 e. The Bertz CT molecular complexity index is 690. The van der Waals surface area contributed by atoms with Crippen LogP contribution in [-0.4, -0.2) is 78.9 Å². The lowest BCUT2D eigenvalue weighted by molar-refractivity contribution is -0.133. The fourth-order valence-corrected chi connectivity index (χ4v) is 4.17. The SMILES string of the molecule is Cc1cccc(NC(=O)CN2CCN(CC(=O)N3CCCCCCC3)CC2)c1C. The molecule has 2 saturated heterocycles. The number of aryl methyl sites for hydroxylation is 1. The summed E-state index contributed by atoms with van der Waals surface area (Å²) in [5.74, 6) is 0.303. The van der Waals surface area contributed by atoms with Gasteiger partial charge in [-0.2, -0.15) is 0 Å². The number of rotatable bonds is 5. The van der Waals surface area contributed by atoms with Gasteiger partial charge in [-0.1, -0.05) is 31.4 Å². The third-order valence-electron chi connectivity index (χ3n) is 6.28. The summed E-state index contributed by atoms with van der Waals surface area (Å²) in [7, 11) is 0. The lowest BCUT2D eigenvalue weighted by Crippen LogP contribution is -2.51. The molecule has 0 spiro atoms. The summed E-state index contributed by atoms with van der Waals surface area (Å²) in [6.07, 6.45) is 6.06.